The van der Waals surface area contributed by atoms with Gasteiger partial charge in [-0.1, -0.05) is 295 Å². The molecule has 1 unspecified atom stereocenters. The molecule has 0 radical (unpaired) electrons. The highest BCUT2D eigenvalue weighted by Crippen LogP contribution is 2.16. The van der Waals surface area contributed by atoms with Crippen LogP contribution in [0, 0.1) is 0 Å². The van der Waals surface area contributed by atoms with Crippen molar-refractivity contribution in [3.8, 4) is 0 Å². The lowest BCUT2D eigenvalue weighted by molar-refractivity contribution is -0.167. The summed E-state index contributed by atoms with van der Waals surface area (Å²) in [5.74, 6) is -0.914. The number of hydrogen-bond donors (Lipinski definition) is 0. The zero-order chi connectivity index (χ0) is 59.9. The van der Waals surface area contributed by atoms with Crippen molar-refractivity contribution in [1.29, 1.82) is 0 Å². The lowest BCUT2D eigenvalue weighted by Gasteiger charge is -2.18. The van der Waals surface area contributed by atoms with E-state index < -0.39 is 6.10 Å². The van der Waals surface area contributed by atoms with Gasteiger partial charge in [-0.05, 0) is 135 Å². The van der Waals surface area contributed by atoms with Gasteiger partial charge < -0.3 is 14.2 Å². The molecule has 0 amide bonds. The molecule has 6 heteroatoms. The highest BCUT2D eigenvalue weighted by Gasteiger charge is 2.19. The Morgan fingerprint density at radius 1 is 0.253 bits per heavy atom. The topological polar surface area (TPSA) is 78.9 Å². The van der Waals surface area contributed by atoms with Gasteiger partial charge in [0.15, 0.2) is 6.10 Å². The number of carbonyl (C=O) groups excluding carboxylic acids is 3. The summed E-state index contributed by atoms with van der Waals surface area (Å²) in [5.41, 5.74) is 0. The van der Waals surface area contributed by atoms with Crippen molar-refractivity contribution in [2.24, 2.45) is 0 Å². The molecular weight excluding hydrogens is 1020 g/mol. The van der Waals surface area contributed by atoms with Crippen LogP contribution in [-0.4, -0.2) is 37.2 Å². The predicted molar refractivity (Wildman–Crippen MR) is 362 cm³/mol. The minimum atomic E-state index is -0.797. The van der Waals surface area contributed by atoms with Crippen molar-refractivity contribution in [2.45, 2.75) is 309 Å². The van der Waals surface area contributed by atoms with Crippen molar-refractivity contribution >= 4 is 17.9 Å². The summed E-state index contributed by atoms with van der Waals surface area (Å²) in [5, 5.41) is 0. The third-order valence-corrected chi connectivity index (χ3v) is 14.3. The molecule has 6 nitrogen and oxygen atoms in total. The molecule has 0 heterocycles. The largest absolute Gasteiger partial charge is 0.462 e. The summed E-state index contributed by atoms with van der Waals surface area (Å²) in [6.07, 6.45) is 100. The monoisotopic (exact) mass is 1150 g/mol. The lowest BCUT2D eigenvalue weighted by atomic mass is 10.0. The van der Waals surface area contributed by atoms with Gasteiger partial charge in [-0.25, -0.2) is 0 Å². The summed E-state index contributed by atoms with van der Waals surface area (Å²) in [6.45, 7) is 6.34. The fourth-order valence-corrected chi connectivity index (χ4v) is 9.24. The molecule has 0 aliphatic heterocycles. The zero-order valence-corrected chi connectivity index (χ0v) is 53.9. The quantitative estimate of drug-likeness (QED) is 0.0261. The molecule has 0 aromatic heterocycles. The molecule has 1 atom stereocenters. The van der Waals surface area contributed by atoms with Gasteiger partial charge in [0.2, 0.25) is 0 Å². The number of unbranched alkanes of at least 4 members (excludes halogenated alkanes) is 26. The Bertz CT molecular complexity index is 1800. The average Bonchev–Trinajstić information content (AvgIpc) is 3.49. The molecule has 470 valence electrons. The minimum Gasteiger partial charge on any atom is -0.462 e. The van der Waals surface area contributed by atoms with Crippen molar-refractivity contribution in [3.63, 3.8) is 0 Å². The molecule has 0 aliphatic rings. The van der Waals surface area contributed by atoms with Crippen LogP contribution in [0.3, 0.4) is 0 Å². The first-order chi connectivity index (χ1) is 41.0. The number of ether oxygens (including phenoxy) is 3. The van der Waals surface area contributed by atoms with Crippen LogP contribution in [0.5, 0.6) is 0 Å². The van der Waals surface area contributed by atoms with Crippen LogP contribution < -0.4 is 0 Å². The van der Waals surface area contributed by atoms with Gasteiger partial charge in [0.1, 0.15) is 13.2 Å². The average molecular weight is 1150 g/mol. The molecule has 0 aromatic carbocycles. The van der Waals surface area contributed by atoms with Gasteiger partial charge in [-0.3, -0.25) is 14.4 Å². The Labute approximate surface area is 512 Å². The molecule has 0 spiro atoms. The fraction of sp³-hybridized carbons (Fsp3) is 0.649. The molecule has 0 saturated carbocycles. The Balaban J connectivity index is 4.32. The van der Waals surface area contributed by atoms with E-state index in [0.29, 0.717) is 19.3 Å². The van der Waals surface area contributed by atoms with E-state index in [1.165, 1.54) is 103 Å². The van der Waals surface area contributed by atoms with Crippen LogP contribution in [0.4, 0.5) is 0 Å². The van der Waals surface area contributed by atoms with E-state index in [2.05, 4.69) is 167 Å². The molecule has 0 N–H and O–H groups in total. The SMILES string of the molecule is CC/C=C\C/C=C\C/C=C\C/C=C\C/C=C\CCCCCCCCCCCCCCCC(=O)OCC(COC(=O)CCCCCCC/C=C\C/C=C\CCC)OC(=O)CCCCCCCCC/C=C\C/C=C\C/C=C\C/C=C\C/C=C\CC. The number of carbonyl (C=O) groups is 3. The molecule has 0 aliphatic carbocycles. The first-order valence-corrected chi connectivity index (χ1v) is 34.3. The van der Waals surface area contributed by atoms with Gasteiger partial charge in [0, 0.05) is 19.3 Å². The van der Waals surface area contributed by atoms with Crippen LogP contribution in [-0.2, 0) is 28.6 Å². The molecule has 0 aromatic rings. The summed E-state index contributed by atoms with van der Waals surface area (Å²) < 4.78 is 16.9. The van der Waals surface area contributed by atoms with Gasteiger partial charge in [-0.2, -0.15) is 0 Å². The summed E-state index contributed by atoms with van der Waals surface area (Å²) in [4.78, 5) is 38.4. The predicted octanol–water partition coefficient (Wildman–Crippen LogP) is 23.9. The maximum Gasteiger partial charge on any atom is 0.306 e. The van der Waals surface area contributed by atoms with E-state index in [4.69, 9.17) is 14.2 Å². The Kier molecular flexibility index (Phi) is 65.8. The van der Waals surface area contributed by atoms with Crippen molar-refractivity contribution in [1.82, 2.24) is 0 Å². The molecule has 83 heavy (non-hydrogen) atoms. The first-order valence-electron chi connectivity index (χ1n) is 34.3. The number of rotatable bonds is 61. The molecule has 0 rings (SSSR count). The van der Waals surface area contributed by atoms with Gasteiger partial charge in [0.05, 0.1) is 0 Å². The van der Waals surface area contributed by atoms with E-state index in [1.54, 1.807) is 0 Å². The highest BCUT2D eigenvalue weighted by atomic mass is 16.6. The third-order valence-electron chi connectivity index (χ3n) is 14.3. The van der Waals surface area contributed by atoms with E-state index in [1.807, 2.05) is 0 Å². The van der Waals surface area contributed by atoms with Crippen molar-refractivity contribution < 1.29 is 28.6 Å². The maximum absolute atomic E-state index is 12.9. The van der Waals surface area contributed by atoms with Crippen LogP contribution in [0.1, 0.15) is 303 Å². The lowest BCUT2D eigenvalue weighted by Crippen LogP contribution is -2.30. The number of hydrogen-bond acceptors (Lipinski definition) is 6. The smallest absolute Gasteiger partial charge is 0.306 e. The first kappa shape index (κ1) is 78.3. The molecular formula is C77H126O6. The second-order valence-electron chi connectivity index (χ2n) is 22.3. The summed E-state index contributed by atoms with van der Waals surface area (Å²) >= 11 is 0. The Morgan fingerprint density at radius 2 is 0.470 bits per heavy atom. The molecule has 0 fully saturated rings. The second-order valence-corrected chi connectivity index (χ2v) is 22.3. The molecule has 0 saturated heterocycles. The fourth-order valence-electron chi connectivity index (χ4n) is 9.24. The van der Waals surface area contributed by atoms with Crippen molar-refractivity contribution in [2.75, 3.05) is 13.2 Å². The Hall–Kier alpha value is -4.71. The van der Waals surface area contributed by atoms with E-state index >= 15 is 0 Å². The molecule has 0 bridgehead atoms. The summed E-state index contributed by atoms with van der Waals surface area (Å²) in [6, 6.07) is 0. The third kappa shape index (κ3) is 68.0. The van der Waals surface area contributed by atoms with E-state index in [0.717, 1.165) is 161 Å². The van der Waals surface area contributed by atoms with Gasteiger partial charge in [0.25, 0.3) is 0 Å². The van der Waals surface area contributed by atoms with Crippen LogP contribution in [0.25, 0.3) is 0 Å². The summed E-state index contributed by atoms with van der Waals surface area (Å²) in [7, 11) is 0. The van der Waals surface area contributed by atoms with Crippen molar-refractivity contribution in [3.05, 3.63) is 146 Å². The minimum absolute atomic E-state index is 0.0912. The standard InChI is InChI=1S/C77H126O6/c1-4-7-10-13-16-19-22-25-27-29-31-33-35-36-37-38-39-40-42-43-45-47-49-52-55-58-61-64-67-70-76(79)82-73-74(72-81-75(78)69-66-63-60-57-54-51-24-21-18-15-12-9-6-3)83-77(80)71-68-65-62-59-56-53-50-48-46-44-41-34-32-30-28-26-23-20-17-14-11-8-5-2/h7-8,10-12,15-17,19-21,24-28,31-34,36-37,44,46,74H,4-6,9,13-14,18,22-23,29-30,35,38-43,45,47-73H2,1-3H3/b10-7-,11-8-,15-12-,19-16-,20-17-,24-21-,27-25-,28-26-,33-31-,34-32-,37-36-,46-44-. The van der Waals surface area contributed by atoms with Crippen LogP contribution in [0.15, 0.2) is 146 Å². The Morgan fingerprint density at radius 3 is 0.735 bits per heavy atom. The zero-order valence-electron chi connectivity index (χ0n) is 53.9. The number of esters is 3. The van der Waals surface area contributed by atoms with Gasteiger partial charge >= 0.3 is 17.9 Å². The van der Waals surface area contributed by atoms with Crippen LogP contribution in [0.2, 0.25) is 0 Å². The van der Waals surface area contributed by atoms with E-state index in [-0.39, 0.29) is 31.1 Å². The highest BCUT2D eigenvalue weighted by molar-refractivity contribution is 5.71. The van der Waals surface area contributed by atoms with Crippen LogP contribution >= 0.6 is 0 Å². The normalized spacial score (nSPS) is 13.0. The maximum atomic E-state index is 12.9. The van der Waals surface area contributed by atoms with Gasteiger partial charge in [-0.15, -0.1) is 0 Å². The van der Waals surface area contributed by atoms with E-state index in [9.17, 15) is 14.4 Å². The second kappa shape index (κ2) is 69.8. The number of allylic oxidation sites excluding steroid dienone is 24.